The molecule has 1 aromatic heterocycles. The van der Waals surface area contributed by atoms with Crippen LogP contribution < -0.4 is 0 Å². The van der Waals surface area contributed by atoms with Gasteiger partial charge in [-0.2, -0.15) is 0 Å². The fourth-order valence-corrected chi connectivity index (χ4v) is 2.34. The van der Waals surface area contributed by atoms with Crippen LogP contribution in [0, 0.1) is 0 Å². The van der Waals surface area contributed by atoms with Crippen molar-refractivity contribution >= 4 is 33.4 Å². The van der Waals surface area contributed by atoms with Gasteiger partial charge in [0, 0.05) is 35.5 Å². The van der Waals surface area contributed by atoms with Gasteiger partial charge < -0.3 is 4.90 Å². The van der Waals surface area contributed by atoms with Crippen LogP contribution in [0.1, 0.15) is 22.8 Å². The van der Waals surface area contributed by atoms with Gasteiger partial charge in [0.05, 0.1) is 5.02 Å². The van der Waals surface area contributed by atoms with Gasteiger partial charge in [0.15, 0.2) is 0 Å². The number of pyridine rings is 1. The normalized spacial score (nSPS) is 10.3. The zero-order valence-electron chi connectivity index (χ0n) is 11.0. The van der Waals surface area contributed by atoms with Crippen molar-refractivity contribution in [2.75, 3.05) is 6.54 Å². The van der Waals surface area contributed by atoms with Crippen LogP contribution in [0.15, 0.2) is 47.2 Å². The van der Waals surface area contributed by atoms with E-state index in [9.17, 15) is 4.79 Å². The molecule has 0 fully saturated rings. The molecule has 0 aliphatic carbocycles. The van der Waals surface area contributed by atoms with Gasteiger partial charge in [-0.15, -0.1) is 0 Å². The molecule has 3 nitrogen and oxygen atoms in total. The summed E-state index contributed by atoms with van der Waals surface area (Å²) in [7, 11) is 0. The van der Waals surface area contributed by atoms with Crippen molar-refractivity contribution in [3.63, 3.8) is 0 Å². The van der Waals surface area contributed by atoms with E-state index in [0.29, 0.717) is 23.7 Å². The fraction of sp³-hybridized carbons (Fsp3) is 0.200. The zero-order chi connectivity index (χ0) is 14.5. The number of rotatable bonds is 4. The third kappa shape index (κ3) is 3.58. The molecule has 0 aliphatic rings. The minimum absolute atomic E-state index is 0.0123. The fourth-order valence-electron chi connectivity index (χ4n) is 1.85. The van der Waals surface area contributed by atoms with Crippen LogP contribution >= 0.6 is 27.5 Å². The monoisotopic (exact) mass is 352 g/mol. The first-order chi connectivity index (χ1) is 9.61. The highest BCUT2D eigenvalue weighted by Gasteiger charge is 2.15. The maximum absolute atomic E-state index is 12.5. The van der Waals surface area contributed by atoms with E-state index in [1.807, 2.05) is 19.1 Å². The molecule has 1 heterocycles. The van der Waals surface area contributed by atoms with E-state index in [4.69, 9.17) is 11.6 Å². The Labute approximate surface area is 131 Å². The van der Waals surface area contributed by atoms with Gasteiger partial charge in [0.2, 0.25) is 0 Å². The summed E-state index contributed by atoms with van der Waals surface area (Å²) in [6.45, 7) is 3.17. The Morgan fingerprint density at radius 2 is 2.00 bits per heavy atom. The van der Waals surface area contributed by atoms with E-state index in [2.05, 4.69) is 20.9 Å². The molecule has 0 N–H and O–H groups in total. The number of carbonyl (C=O) groups is 1. The first-order valence-electron chi connectivity index (χ1n) is 6.25. The van der Waals surface area contributed by atoms with Gasteiger partial charge in [-0.1, -0.05) is 11.6 Å². The van der Waals surface area contributed by atoms with Crippen LogP contribution in [-0.2, 0) is 6.54 Å². The molecule has 104 valence electrons. The summed E-state index contributed by atoms with van der Waals surface area (Å²) >= 11 is 9.29. The van der Waals surface area contributed by atoms with Crippen molar-refractivity contribution in [1.29, 1.82) is 0 Å². The van der Waals surface area contributed by atoms with Gasteiger partial charge in [0.1, 0.15) is 0 Å². The maximum atomic E-state index is 12.5. The van der Waals surface area contributed by atoms with Gasteiger partial charge in [-0.3, -0.25) is 9.78 Å². The van der Waals surface area contributed by atoms with Gasteiger partial charge in [-0.25, -0.2) is 0 Å². The lowest BCUT2D eigenvalue weighted by Gasteiger charge is -2.21. The van der Waals surface area contributed by atoms with E-state index in [1.54, 1.807) is 35.5 Å². The quantitative estimate of drug-likeness (QED) is 0.827. The molecule has 0 radical (unpaired) electrons. The van der Waals surface area contributed by atoms with Crippen molar-refractivity contribution < 1.29 is 4.79 Å². The highest BCUT2D eigenvalue weighted by atomic mass is 79.9. The molecule has 20 heavy (non-hydrogen) atoms. The van der Waals surface area contributed by atoms with Crippen LogP contribution in [0.25, 0.3) is 0 Å². The Morgan fingerprint density at radius 1 is 1.30 bits per heavy atom. The van der Waals surface area contributed by atoms with E-state index in [1.165, 1.54) is 0 Å². The highest BCUT2D eigenvalue weighted by Crippen LogP contribution is 2.24. The highest BCUT2D eigenvalue weighted by molar-refractivity contribution is 9.10. The molecular weight excluding hydrogens is 340 g/mol. The minimum Gasteiger partial charge on any atom is -0.335 e. The average Bonchev–Trinajstić information content (AvgIpc) is 2.48. The standard InChI is InChI=1S/C15H14BrClN2O/c1-2-19(10-11-5-7-18-8-6-11)15(20)12-3-4-14(17)13(16)9-12/h3-9H,2,10H2,1H3. The molecule has 0 spiro atoms. The van der Waals surface area contributed by atoms with Crippen LogP contribution in [-0.4, -0.2) is 22.3 Å². The minimum atomic E-state index is -0.0123. The molecule has 0 saturated carbocycles. The summed E-state index contributed by atoms with van der Waals surface area (Å²) in [6.07, 6.45) is 3.46. The van der Waals surface area contributed by atoms with Crippen molar-refractivity contribution in [2.45, 2.75) is 13.5 Å². The third-order valence-electron chi connectivity index (χ3n) is 2.96. The van der Waals surface area contributed by atoms with E-state index in [0.717, 1.165) is 10.0 Å². The second-order valence-electron chi connectivity index (χ2n) is 4.30. The van der Waals surface area contributed by atoms with Crippen molar-refractivity contribution in [3.05, 3.63) is 63.3 Å². The molecule has 0 unspecified atom stereocenters. The molecule has 2 rings (SSSR count). The number of hydrogen-bond acceptors (Lipinski definition) is 2. The van der Waals surface area contributed by atoms with Crippen molar-refractivity contribution in [1.82, 2.24) is 9.88 Å². The molecule has 1 amide bonds. The number of nitrogens with zero attached hydrogens (tertiary/aromatic N) is 2. The summed E-state index contributed by atoms with van der Waals surface area (Å²) in [4.78, 5) is 18.3. The summed E-state index contributed by atoms with van der Waals surface area (Å²) in [5, 5.41) is 0.596. The molecule has 0 saturated heterocycles. The van der Waals surface area contributed by atoms with E-state index in [-0.39, 0.29) is 5.91 Å². The van der Waals surface area contributed by atoms with Crippen LogP contribution in [0.5, 0.6) is 0 Å². The second kappa shape index (κ2) is 6.86. The number of benzene rings is 1. The Kier molecular flexibility index (Phi) is 5.15. The lowest BCUT2D eigenvalue weighted by molar-refractivity contribution is 0.0752. The Balaban J connectivity index is 2.18. The number of aromatic nitrogens is 1. The summed E-state index contributed by atoms with van der Waals surface area (Å²) < 4.78 is 0.727. The smallest absolute Gasteiger partial charge is 0.254 e. The third-order valence-corrected chi connectivity index (χ3v) is 4.17. The van der Waals surface area contributed by atoms with Crippen LogP contribution in [0.3, 0.4) is 0 Å². The topological polar surface area (TPSA) is 33.2 Å². The first kappa shape index (κ1) is 15.0. The van der Waals surface area contributed by atoms with Gasteiger partial charge >= 0.3 is 0 Å². The van der Waals surface area contributed by atoms with E-state index >= 15 is 0 Å². The number of halogens is 2. The lowest BCUT2D eigenvalue weighted by Crippen LogP contribution is -2.30. The SMILES string of the molecule is CCN(Cc1ccncc1)C(=O)c1ccc(Cl)c(Br)c1. The largest absolute Gasteiger partial charge is 0.335 e. The average molecular weight is 354 g/mol. The van der Waals surface area contributed by atoms with Crippen LogP contribution in [0.4, 0.5) is 0 Å². The molecule has 5 heteroatoms. The molecule has 0 atom stereocenters. The second-order valence-corrected chi connectivity index (χ2v) is 5.57. The van der Waals surface area contributed by atoms with Crippen LogP contribution in [0.2, 0.25) is 5.02 Å². The van der Waals surface area contributed by atoms with E-state index < -0.39 is 0 Å². The maximum Gasteiger partial charge on any atom is 0.254 e. The number of amides is 1. The number of carbonyl (C=O) groups excluding carboxylic acids is 1. The predicted octanol–water partition coefficient (Wildman–Crippen LogP) is 4.16. The molecular formula is C15H14BrClN2O. The molecule has 0 bridgehead atoms. The summed E-state index contributed by atoms with van der Waals surface area (Å²) in [6, 6.07) is 9.03. The predicted molar refractivity (Wildman–Crippen MR) is 83.8 cm³/mol. The Hall–Kier alpha value is -1.39. The van der Waals surface area contributed by atoms with Crippen molar-refractivity contribution in [3.8, 4) is 0 Å². The molecule has 0 aliphatic heterocycles. The van der Waals surface area contributed by atoms with Gasteiger partial charge in [0.25, 0.3) is 5.91 Å². The first-order valence-corrected chi connectivity index (χ1v) is 7.42. The Bertz CT molecular complexity index is 604. The summed E-state index contributed by atoms with van der Waals surface area (Å²) in [5.41, 5.74) is 1.68. The summed E-state index contributed by atoms with van der Waals surface area (Å²) in [5.74, 6) is -0.0123. The zero-order valence-corrected chi connectivity index (χ0v) is 13.4. The molecule has 1 aromatic carbocycles. The Morgan fingerprint density at radius 3 is 2.60 bits per heavy atom. The lowest BCUT2D eigenvalue weighted by atomic mass is 10.1. The van der Waals surface area contributed by atoms with Crippen molar-refractivity contribution in [2.24, 2.45) is 0 Å². The number of hydrogen-bond donors (Lipinski definition) is 0. The van der Waals surface area contributed by atoms with Gasteiger partial charge in [-0.05, 0) is 58.7 Å². The molecule has 2 aromatic rings.